The Morgan fingerprint density at radius 2 is 2.18 bits per heavy atom. The lowest BCUT2D eigenvalue weighted by Gasteiger charge is -2.27. The summed E-state index contributed by atoms with van der Waals surface area (Å²) in [6, 6.07) is 5.75. The fourth-order valence-corrected chi connectivity index (χ4v) is 3.87. The number of aliphatic imine (C=N–C) groups is 1. The van der Waals surface area contributed by atoms with Gasteiger partial charge < -0.3 is 19.5 Å². The van der Waals surface area contributed by atoms with Crippen molar-refractivity contribution in [3.63, 3.8) is 0 Å². The number of pyridine rings is 1. The van der Waals surface area contributed by atoms with E-state index < -0.39 is 0 Å². The van der Waals surface area contributed by atoms with Crippen LogP contribution in [0.5, 0.6) is 5.88 Å². The van der Waals surface area contributed by atoms with Gasteiger partial charge in [0.2, 0.25) is 5.88 Å². The third-order valence-corrected chi connectivity index (χ3v) is 5.36. The van der Waals surface area contributed by atoms with Gasteiger partial charge in [-0.25, -0.2) is 4.98 Å². The Morgan fingerprint density at radius 3 is 2.96 bits per heavy atom. The van der Waals surface area contributed by atoms with Gasteiger partial charge in [-0.05, 0) is 25.3 Å². The number of aromatic nitrogens is 4. The summed E-state index contributed by atoms with van der Waals surface area (Å²) in [4.78, 5) is 11.0. The van der Waals surface area contributed by atoms with Gasteiger partial charge in [0, 0.05) is 51.8 Å². The maximum atomic E-state index is 5.99. The first kappa shape index (κ1) is 20.8. The van der Waals surface area contributed by atoms with E-state index in [4.69, 9.17) is 4.74 Å². The monoisotopic (exact) mass is 497 g/mol. The minimum absolute atomic E-state index is 0. The van der Waals surface area contributed by atoms with Crippen LogP contribution < -0.4 is 10.1 Å². The molecule has 152 valence electrons. The fraction of sp³-hybridized carbons (Fsp3) is 0.579. The van der Waals surface area contributed by atoms with E-state index in [-0.39, 0.29) is 30.1 Å². The van der Waals surface area contributed by atoms with Crippen LogP contribution in [0.2, 0.25) is 0 Å². The van der Waals surface area contributed by atoms with Crippen LogP contribution >= 0.6 is 24.0 Å². The number of guanidine groups is 1. The van der Waals surface area contributed by atoms with Crippen molar-refractivity contribution in [3.05, 3.63) is 36.0 Å². The molecule has 0 bridgehead atoms. The third kappa shape index (κ3) is 4.73. The summed E-state index contributed by atoms with van der Waals surface area (Å²) < 4.78 is 8.23. The van der Waals surface area contributed by atoms with Gasteiger partial charge in [-0.15, -0.1) is 34.2 Å². The Balaban J connectivity index is 0.00000225. The molecule has 0 aromatic carbocycles. The SMILES string of the molecule is CN=C(NCC1CCc2nnc(C)n2C1)N1CCC(Oc2ccccn2)C1.I. The molecule has 4 rings (SSSR count). The number of fused-ring (bicyclic) bond motifs is 1. The standard InChI is InChI=1S/C19H27N7O.HI/c1-14-23-24-17-7-6-15(12-26(14)17)11-22-19(20-2)25-10-8-16(13-25)27-18-5-3-4-9-21-18;/h3-5,9,15-16H,6-8,10-13H2,1-2H3,(H,20,22);1H. The van der Waals surface area contributed by atoms with Crippen molar-refractivity contribution in [2.45, 2.75) is 38.8 Å². The molecule has 2 atom stereocenters. The van der Waals surface area contributed by atoms with Crippen LogP contribution in [0.25, 0.3) is 0 Å². The predicted molar refractivity (Wildman–Crippen MR) is 118 cm³/mol. The Hall–Kier alpha value is -1.91. The van der Waals surface area contributed by atoms with Gasteiger partial charge in [-0.1, -0.05) is 6.07 Å². The summed E-state index contributed by atoms with van der Waals surface area (Å²) in [5.41, 5.74) is 0. The third-order valence-electron chi connectivity index (χ3n) is 5.36. The molecule has 0 spiro atoms. The van der Waals surface area contributed by atoms with Crippen molar-refractivity contribution in [3.8, 4) is 5.88 Å². The second-order valence-electron chi connectivity index (χ2n) is 7.25. The first-order valence-electron chi connectivity index (χ1n) is 9.65. The molecule has 2 aromatic heterocycles. The number of rotatable bonds is 4. The quantitative estimate of drug-likeness (QED) is 0.395. The van der Waals surface area contributed by atoms with E-state index in [9.17, 15) is 0 Å². The number of nitrogens with one attached hydrogen (secondary N) is 1. The number of likely N-dealkylation sites (tertiary alicyclic amines) is 1. The maximum Gasteiger partial charge on any atom is 0.213 e. The van der Waals surface area contributed by atoms with Gasteiger partial charge in [0.1, 0.15) is 17.8 Å². The largest absolute Gasteiger partial charge is 0.472 e. The minimum Gasteiger partial charge on any atom is -0.472 e. The molecule has 8 nitrogen and oxygen atoms in total. The Bertz CT molecular complexity index is 795. The highest BCUT2D eigenvalue weighted by atomic mass is 127. The van der Waals surface area contributed by atoms with Gasteiger partial charge in [-0.2, -0.15) is 0 Å². The van der Waals surface area contributed by atoms with Gasteiger partial charge in [0.25, 0.3) is 0 Å². The van der Waals surface area contributed by atoms with E-state index >= 15 is 0 Å². The van der Waals surface area contributed by atoms with Crippen LogP contribution in [0.3, 0.4) is 0 Å². The van der Waals surface area contributed by atoms with Crippen LogP contribution in [0, 0.1) is 12.8 Å². The number of nitrogens with zero attached hydrogens (tertiary/aromatic N) is 6. The molecule has 0 aliphatic carbocycles. The number of hydrogen-bond donors (Lipinski definition) is 1. The second kappa shape index (κ2) is 9.53. The van der Waals surface area contributed by atoms with E-state index in [1.165, 1.54) is 0 Å². The Labute approximate surface area is 182 Å². The Kier molecular flexibility index (Phi) is 7.08. The molecule has 0 amide bonds. The minimum atomic E-state index is 0. The molecule has 1 fully saturated rings. The van der Waals surface area contributed by atoms with Gasteiger partial charge in [0.15, 0.2) is 5.96 Å². The Morgan fingerprint density at radius 1 is 1.29 bits per heavy atom. The van der Waals surface area contributed by atoms with Gasteiger partial charge in [-0.3, -0.25) is 4.99 Å². The molecule has 1 N–H and O–H groups in total. The molecular formula is C19H28IN7O. The van der Waals surface area contributed by atoms with Crippen molar-refractivity contribution in [1.29, 1.82) is 0 Å². The van der Waals surface area contributed by atoms with Crippen molar-refractivity contribution in [2.75, 3.05) is 26.7 Å². The first-order valence-corrected chi connectivity index (χ1v) is 9.65. The summed E-state index contributed by atoms with van der Waals surface area (Å²) in [7, 11) is 1.85. The molecule has 0 radical (unpaired) electrons. The smallest absolute Gasteiger partial charge is 0.213 e. The number of halogens is 1. The van der Waals surface area contributed by atoms with E-state index in [1.54, 1.807) is 6.20 Å². The van der Waals surface area contributed by atoms with Gasteiger partial charge >= 0.3 is 0 Å². The molecule has 2 aromatic rings. The van der Waals surface area contributed by atoms with Crippen LogP contribution in [-0.4, -0.2) is 63.4 Å². The summed E-state index contributed by atoms with van der Waals surface area (Å²) in [6.07, 6.45) is 5.01. The average molecular weight is 497 g/mol. The topological polar surface area (TPSA) is 80.5 Å². The summed E-state index contributed by atoms with van der Waals surface area (Å²) in [6.45, 7) is 5.68. The normalized spacial score (nSPS) is 21.8. The lowest BCUT2D eigenvalue weighted by molar-refractivity contribution is 0.205. The molecule has 4 heterocycles. The van der Waals surface area contributed by atoms with E-state index in [0.717, 1.165) is 63.0 Å². The molecule has 0 saturated carbocycles. The van der Waals surface area contributed by atoms with Crippen molar-refractivity contribution < 1.29 is 4.74 Å². The molecule has 9 heteroatoms. The molecular weight excluding hydrogens is 469 g/mol. The summed E-state index contributed by atoms with van der Waals surface area (Å²) >= 11 is 0. The summed E-state index contributed by atoms with van der Waals surface area (Å²) in [5, 5.41) is 12.0. The van der Waals surface area contributed by atoms with Crippen LogP contribution in [0.4, 0.5) is 0 Å². The van der Waals surface area contributed by atoms with Crippen LogP contribution in [0.15, 0.2) is 29.4 Å². The highest BCUT2D eigenvalue weighted by molar-refractivity contribution is 14.0. The number of hydrogen-bond acceptors (Lipinski definition) is 5. The molecule has 2 aliphatic heterocycles. The summed E-state index contributed by atoms with van der Waals surface area (Å²) in [5.74, 6) is 4.32. The van der Waals surface area contributed by atoms with E-state index in [0.29, 0.717) is 11.8 Å². The predicted octanol–water partition coefficient (Wildman–Crippen LogP) is 1.89. The zero-order valence-electron chi connectivity index (χ0n) is 16.4. The maximum absolute atomic E-state index is 5.99. The van der Waals surface area contributed by atoms with Crippen LogP contribution in [0.1, 0.15) is 24.5 Å². The lowest BCUT2D eigenvalue weighted by Crippen LogP contribution is -2.43. The van der Waals surface area contributed by atoms with Crippen molar-refractivity contribution in [1.82, 2.24) is 30.0 Å². The second-order valence-corrected chi connectivity index (χ2v) is 7.25. The molecule has 2 unspecified atom stereocenters. The zero-order chi connectivity index (χ0) is 18.6. The van der Waals surface area contributed by atoms with Crippen LogP contribution in [-0.2, 0) is 13.0 Å². The highest BCUT2D eigenvalue weighted by Crippen LogP contribution is 2.20. The van der Waals surface area contributed by atoms with E-state index in [1.807, 2.05) is 32.2 Å². The van der Waals surface area contributed by atoms with Gasteiger partial charge in [0.05, 0.1) is 6.54 Å². The molecule has 28 heavy (non-hydrogen) atoms. The molecule has 2 aliphatic rings. The number of aryl methyl sites for hydroxylation is 2. The average Bonchev–Trinajstić information content (AvgIpc) is 3.30. The zero-order valence-corrected chi connectivity index (χ0v) is 18.7. The van der Waals surface area contributed by atoms with Crippen molar-refractivity contribution in [2.24, 2.45) is 10.9 Å². The van der Waals surface area contributed by atoms with Crippen molar-refractivity contribution >= 4 is 29.9 Å². The lowest BCUT2D eigenvalue weighted by atomic mass is 9.99. The first-order chi connectivity index (χ1) is 13.2. The molecule has 1 saturated heterocycles. The highest BCUT2D eigenvalue weighted by Gasteiger charge is 2.27. The van der Waals surface area contributed by atoms with E-state index in [2.05, 4.69) is 35.0 Å². The number of ether oxygens (including phenoxy) is 1. The fourth-order valence-electron chi connectivity index (χ4n) is 3.87.